The monoisotopic (exact) mass is 404 g/mol. The Balaban J connectivity index is 1.63. The Kier molecular flexibility index (Phi) is 7.44. The van der Waals surface area contributed by atoms with E-state index in [4.69, 9.17) is 14.2 Å². The minimum atomic E-state index is -0.304. The Morgan fingerprint density at radius 3 is 2.43 bits per heavy atom. The Hall–Kier alpha value is -3.80. The maximum absolute atomic E-state index is 12.2. The molecule has 1 amide bonds. The lowest BCUT2D eigenvalue weighted by Crippen LogP contribution is -2.17. The van der Waals surface area contributed by atoms with Crippen LogP contribution in [0.1, 0.15) is 28.4 Å². The van der Waals surface area contributed by atoms with E-state index >= 15 is 0 Å². The van der Waals surface area contributed by atoms with E-state index in [0.717, 1.165) is 11.1 Å². The van der Waals surface area contributed by atoms with Crippen LogP contribution in [0.15, 0.2) is 77.9 Å². The molecule has 3 aromatic rings. The summed E-state index contributed by atoms with van der Waals surface area (Å²) in [5, 5.41) is 4.03. The number of methoxy groups -OCH3 is 1. The van der Waals surface area contributed by atoms with Gasteiger partial charge in [0.25, 0.3) is 5.91 Å². The molecule has 154 valence electrons. The highest BCUT2D eigenvalue weighted by Gasteiger charge is 2.07. The summed E-state index contributed by atoms with van der Waals surface area (Å²) in [4.78, 5) is 12.2. The molecule has 0 saturated heterocycles. The van der Waals surface area contributed by atoms with Gasteiger partial charge in [0.1, 0.15) is 12.4 Å². The molecule has 0 saturated carbocycles. The molecule has 0 spiro atoms. The summed E-state index contributed by atoms with van der Waals surface area (Å²) in [5.74, 6) is 1.66. The van der Waals surface area contributed by atoms with E-state index in [2.05, 4.69) is 10.5 Å². The molecule has 0 aliphatic carbocycles. The molecular formula is C24H24N2O4. The van der Waals surface area contributed by atoms with Crippen molar-refractivity contribution in [3.05, 3.63) is 89.5 Å². The number of carbonyl (C=O) groups excluding carboxylic acids is 1. The van der Waals surface area contributed by atoms with Crippen LogP contribution in [0, 0.1) is 0 Å². The van der Waals surface area contributed by atoms with Crippen LogP contribution >= 0.6 is 0 Å². The molecule has 0 fully saturated rings. The maximum Gasteiger partial charge on any atom is 0.271 e. The van der Waals surface area contributed by atoms with Crippen molar-refractivity contribution in [2.45, 2.75) is 13.5 Å². The fourth-order valence-corrected chi connectivity index (χ4v) is 2.70. The Morgan fingerprint density at radius 1 is 0.967 bits per heavy atom. The first-order chi connectivity index (χ1) is 14.7. The number of benzene rings is 3. The summed E-state index contributed by atoms with van der Waals surface area (Å²) in [5.41, 5.74) is 4.86. The zero-order valence-corrected chi connectivity index (χ0v) is 17.0. The molecule has 0 aliphatic heterocycles. The minimum absolute atomic E-state index is 0.304. The highest BCUT2D eigenvalue weighted by molar-refractivity contribution is 5.95. The summed E-state index contributed by atoms with van der Waals surface area (Å²) in [7, 11) is 1.58. The highest BCUT2D eigenvalue weighted by Crippen LogP contribution is 2.28. The van der Waals surface area contributed by atoms with Crippen molar-refractivity contribution < 1.29 is 19.0 Å². The van der Waals surface area contributed by atoms with Gasteiger partial charge in [0.05, 0.1) is 19.9 Å². The second-order valence-electron chi connectivity index (χ2n) is 6.34. The second-order valence-corrected chi connectivity index (χ2v) is 6.34. The number of nitrogens with one attached hydrogen (secondary N) is 1. The standard InChI is InChI=1S/C24H24N2O4/c1-3-29-23-15-19(9-14-22(23)30-17-18-7-5-4-6-8-18)16-25-26-24(27)20-10-12-21(28-2)13-11-20/h4-16H,3,17H2,1-2H3,(H,26,27)/b25-16-. The van der Waals surface area contributed by atoms with E-state index < -0.39 is 0 Å². The third kappa shape index (κ3) is 5.85. The molecule has 0 unspecified atom stereocenters. The van der Waals surface area contributed by atoms with Gasteiger partial charge in [-0.05, 0) is 60.5 Å². The van der Waals surface area contributed by atoms with E-state index in [0.29, 0.717) is 36.0 Å². The van der Waals surface area contributed by atoms with Crippen LogP contribution in [-0.2, 0) is 6.61 Å². The Bertz CT molecular complexity index is 986. The van der Waals surface area contributed by atoms with Crippen LogP contribution in [0.2, 0.25) is 0 Å². The molecule has 0 bridgehead atoms. The van der Waals surface area contributed by atoms with Crippen LogP contribution in [-0.4, -0.2) is 25.8 Å². The normalized spacial score (nSPS) is 10.6. The molecule has 6 heteroatoms. The fourth-order valence-electron chi connectivity index (χ4n) is 2.70. The van der Waals surface area contributed by atoms with Crippen molar-refractivity contribution in [2.24, 2.45) is 5.10 Å². The van der Waals surface area contributed by atoms with Gasteiger partial charge in [0.15, 0.2) is 11.5 Å². The Labute approximate surface area is 176 Å². The number of hydrazone groups is 1. The van der Waals surface area contributed by atoms with Gasteiger partial charge < -0.3 is 14.2 Å². The van der Waals surface area contributed by atoms with E-state index in [1.807, 2.05) is 55.5 Å². The first-order valence-electron chi connectivity index (χ1n) is 9.60. The molecule has 0 radical (unpaired) electrons. The van der Waals surface area contributed by atoms with E-state index in [9.17, 15) is 4.79 Å². The number of amides is 1. The summed E-state index contributed by atoms with van der Waals surface area (Å²) in [6.45, 7) is 2.87. The van der Waals surface area contributed by atoms with E-state index in [1.165, 1.54) is 0 Å². The molecular weight excluding hydrogens is 380 g/mol. The van der Waals surface area contributed by atoms with Gasteiger partial charge in [0.2, 0.25) is 0 Å². The average Bonchev–Trinajstić information content (AvgIpc) is 2.79. The van der Waals surface area contributed by atoms with Crippen molar-refractivity contribution in [1.82, 2.24) is 5.43 Å². The van der Waals surface area contributed by atoms with Gasteiger partial charge in [-0.15, -0.1) is 0 Å². The average molecular weight is 404 g/mol. The molecule has 0 aliphatic rings. The van der Waals surface area contributed by atoms with Crippen LogP contribution in [0.5, 0.6) is 17.2 Å². The lowest BCUT2D eigenvalue weighted by Gasteiger charge is -2.12. The zero-order valence-electron chi connectivity index (χ0n) is 17.0. The fraction of sp³-hybridized carbons (Fsp3) is 0.167. The summed E-state index contributed by atoms with van der Waals surface area (Å²) >= 11 is 0. The third-order valence-electron chi connectivity index (χ3n) is 4.24. The van der Waals surface area contributed by atoms with Crippen LogP contribution in [0.25, 0.3) is 0 Å². The first-order valence-corrected chi connectivity index (χ1v) is 9.60. The van der Waals surface area contributed by atoms with Gasteiger partial charge in [-0.3, -0.25) is 4.79 Å². The molecule has 3 rings (SSSR count). The second kappa shape index (κ2) is 10.7. The van der Waals surface area contributed by atoms with E-state index in [-0.39, 0.29) is 5.91 Å². The number of hydrogen-bond acceptors (Lipinski definition) is 5. The number of nitrogens with zero attached hydrogens (tertiary/aromatic N) is 1. The summed E-state index contributed by atoms with van der Waals surface area (Å²) in [6, 6.07) is 22.2. The first kappa shape index (κ1) is 20.9. The molecule has 0 aromatic heterocycles. The number of ether oxygens (including phenoxy) is 3. The van der Waals surface area contributed by atoms with Crippen molar-refractivity contribution in [3.63, 3.8) is 0 Å². The molecule has 3 aromatic carbocycles. The predicted molar refractivity (Wildman–Crippen MR) is 116 cm³/mol. The predicted octanol–water partition coefficient (Wildman–Crippen LogP) is 4.44. The van der Waals surface area contributed by atoms with Gasteiger partial charge >= 0.3 is 0 Å². The van der Waals surface area contributed by atoms with Crippen LogP contribution in [0.3, 0.4) is 0 Å². The smallest absolute Gasteiger partial charge is 0.271 e. The van der Waals surface area contributed by atoms with Crippen molar-refractivity contribution in [2.75, 3.05) is 13.7 Å². The topological polar surface area (TPSA) is 69.2 Å². The number of rotatable bonds is 9. The Morgan fingerprint density at radius 2 is 1.73 bits per heavy atom. The lowest BCUT2D eigenvalue weighted by molar-refractivity contribution is 0.0955. The number of hydrogen-bond donors (Lipinski definition) is 1. The molecule has 0 heterocycles. The quantitative estimate of drug-likeness (QED) is 0.423. The zero-order chi connectivity index (χ0) is 21.2. The molecule has 1 N–H and O–H groups in total. The minimum Gasteiger partial charge on any atom is -0.497 e. The molecule has 30 heavy (non-hydrogen) atoms. The SMILES string of the molecule is CCOc1cc(/C=N\NC(=O)c2ccc(OC)cc2)ccc1OCc1ccccc1. The lowest BCUT2D eigenvalue weighted by atomic mass is 10.2. The van der Waals surface area contributed by atoms with Gasteiger partial charge in [-0.2, -0.15) is 5.10 Å². The maximum atomic E-state index is 12.2. The van der Waals surface area contributed by atoms with Gasteiger partial charge in [0, 0.05) is 5.56 Å². The third-order valence-corrected chi connectivity index (χ3v) is 4.24. The van der Waals surface area contributed by atoms with Crippen molar-refractivity contribution in [1.29, 1.82) is 0 Å². The van der Waals surface area contributed by atoms with Crippen molar-refractivity contribution in [3.8, 4) is 17.2 Å². The van der Waals surface area contributed by atoms with E-state index in [1.54, 1.807) is 37.6 Å². The largest absolute Gasteiger partial charge is 0.497 e. The van der Waals surface area contributed by atoms with Gasteiger partial charge in [-0.1, -0.05) is 30.3 Å². The molecule has 0 atom stereocenters. The highest BCUT2D eigenvalue weighted by atomic mass is 16.5. The van der Waals surface area contributed by atoms with Crippen LogP contribution < -0.4 is 19.6 Å². The summed E-state index contributed by atoms with van der Waals surface area (Å²) < 4.78 is 16.7. The number of carbonyl (C=O) groups is 1. The summed E-state index contributed by atoms with van der Waals surface area (Å²) in [6.07, 6.45) is 1.56. The van der Waals surface area contributed by atoms with Crippen LogP contribution in [0.4, 0.5) is 0 Å². The van der Waals surface area contributed by atoms with Crippen molar-refractivity contribution >= 4 is 12.1 Å². The van der Waals surface area contributed by atoms with Gasteiger partial charge in [-0.25, -0.2) is 5.43 Å². The molecule has 6 nitrogen and oxygen atoms in total.